The molecule has 140 valence electrons. The molecule has 4 aromatic rings. The van der Waals surface area contributed by atoms with Gasteiger partial charge in [0.15, 0.2) is 5.65 Å². The molecule has 0 saturated carbocycles. The third-order valence-electron chi connectivity index (χ3n) is 4.36. The minimum Gasteiger partial charge on any atom is -0.321 e. The van der Waals surface area contributed by atoms with Gasteiger partial charge in [0.25, 0.3) is 5.91 Å². The summed E-state index contributed by atoms with van der Waals surface area (Å²) in [5, 5.41) is 8.07. The maximum Gasteiger partial charge on any atom is 0.256 e. The summed E-state index contributed by atoms with van der Waals surface area (Å²) in [5.41, 5.74) is 3.52. The molecule has 0 bridgehead atoms. The SMILES string of the molecule is Cc1cc(C(=O)Nc2ccccc2Br)c2c(C)nn(-c3cccc(F)c3)c2n1. The van der Waals surface area contributed by atoms with Gasteiger partial charge in [0.2, 0.25) is 0 Å². The van der Waals surface area contributed by atoms with Gasteiger partial charge in [0.05, 0.1) is 28.0 Å². The van der Waals surface area contributed by atoms with Gasteiger partial charge in [-0.25, -0.2) is 14.1 Å². The lowest BCUT2D eigenvalue weighted by atomic mass is 10.1. The Morgan fingerprint density at radius 2 is 1.89 bits per heavy atom. The van der Waals surface area contributed by atoms with Crippen LogP contribution in [-0.4, -0.2) is 20.7 Å². The molecule has 2 heterocycles. The van der Waals surface area contributed by atoms with Crippen molar-refractivity contribution < 1.29 is 9.18 Å². The van der Waals surface area contributed by atoms with Crippen LogP contribution < -0.4 is 5.32 Å². The van der Waals surface area contributed by atoms with Crippen molar-refractivity contribution in [3.05, 3.63) is 81.8 Å². The zero-order valence-electron chi connectivity index (χ0n) is 15.2. The minimum absolute atomic E-state index is 0.260. The monoisotopic (exact) mass is 438 g/mol. The third kappa shape index (κ3) is 3.29. The second-order valence-corrected chi connectivity index (χ2v) is 7.28. The number of rotatable bonds is 3. The lowest BCUT2D eigenvalue weighted by molar-refractivity contribution is 0.102. The van der Waals surface area contributed by atoms with E-state index >= 15 is 0 Å². The summed E-state index contributed by atoms with van der Waals surface area (Å²) in [5.74, 6) is -0.623. The molecule has 0 spiro atoms. The van der Waals surface area contributed by atoms with E-state index in [0.717, 1.165) is 4.47 Å². The van der Waals surface area contributed by atoms with E-state index in [1.807, 2.05) is 38.1 Å². The number of halogens is 2. The molecule has 0 unspecified atom stereocenters. The van der Waals surface area contributed by atoms with Crippen LogP contribution in [0.1, 0.15) is 21.7 Å². The Bertz CT molecular complexity index is 1220. The predicted octanol–water partition coefficient (Wildman–Crippen LogP) is 5.19. The summed E-state index contributed by atoms with van der Waals surface area (Å²) >= 11 is 3.44. The maximum absolute atomic E-state index is 13.7. The number of amides is 1. The van der Waals surface area contributed by atoms with Crippen LogP contribution in [0.3, 0.4) is 0 Å². The van der Waals surface area contributed by atoms with Crippen molar-refractivity contribution >= 4 is 38.6 Å². The number of hydrogen-bond acceptors (Lipinski definition) is 3. The molecular weight excluding hydrogens is 423 g/mol. The molecule has 0 aliphatic heterocycles. The van der Waals surface area contributed by atoms with Crippen LogP contribution in [0.15, 0.2) is 59.1 Å². The molecule has 5 nitrogen and oxygen atoms in total. The van der Waals surface area contributed by atoms with Gasteiger partial charge < -0.3 is 5.32 Å². The van der Waals surface area contributed by atoms with Crippen molar-refractivity contribution in [3.63, 3.8) is 0 Å². The number of fused-ring (bicyclic) bond motifs is 1. The molecule has 0 atom stereocenters. The number of hydrogen-bond donors (Lipinski definition) is 1. The Kier molecular flexibility index (Phi) is 4.68. The van der Waals surface area contributed by atoms with Crippen molar-refractivity contribution in [2.24, 2.45) is 0 Å². The quantitative estimate of drug-likeness (QED) is 0.478. The van der Waals surface area contributed by atoms with Crippen LogP contribution in [0.4, 0.5) is 10.1 Å². The molecule has 2 aromatic heterocycles. The Morgan fingerprint density at radius 1 is 1.11 bits per heavy atom. The van der Waals surface area contributed by atoms with Gasteiger partial charge in [-0.3, -0.25) is 4.79 Å². The number of anilines is 1. The normalized spacial score (nSPS) is 11.0. The zero-order chi connectivity index (χ0) is 19.8. The molecule has 1 N–H and O–H groups in total. The van der Waals surface area contributed by atoms with Gasteiger partial charge in [-0.2, -0.15) is 5.10 Å². The number of nitrogens with one attached hydrogen (secondary N) is 1. The average molecular weight is 439 g/mol. The highest BCUT2D eigenvalue weighted by Crippen LogP contribution is 2.27. The highest BCUT2D eigenvalue weighted by molar-refractivity contribution is 9.10. The number of carbonyl (C=O) groups excluding carboxylic acids is 1. The zero-order valence-corrected chi connectivity index (χ0v) is 16.8. The number of para-hydroxylation sites is 1. The van der Waals surface area contributed by atoms with E-state index in [4.69, 9.17) is 0 Å². The van der Waals surface area contributed by atoms with E-state index in [1.54, 1.807) is 22.9 Å². The fraction of sp³-hybridized carbons (Fsp3) is 0.0952. The van der Waals surface area contributed by atoms with Crippen molar-refractivity contribution in [2.45, 2.75) is 13.8 Å². The molecule has 0 saturated heterocycles. The predicted molar refractivity (Wildman–Crippen MR) is 110 cm³/mol. The van der Waals surface area contributed by atoms with Crippen LogP contribution >= 0.6 is 15.9 Å². The molecule has 28 heavy (non-hydrogen) atoms. The fourth-order valence-electron chi connectivity index (χ4n) is 3.13. The molecule has 0 aliphatic rings. The number of pyridine rings is 1. The largest absolute Gasteiger partial charge is 0.321 e. The highest BCUT2D eigenvalue weighted by Gasteiger charge is 2.20. The molecule has 7 heteroatoms. The first kappa shape index (κ1) is 18.3. The lowest BCUT2D eigenvalue weighted by Gasteiger charge is -2.09. The summed E-state index contributed by atoms with van der Waals surface area (Å²) in [6.45, 7) is 3.62. The fourth-order valence-corrected chi connectivity index (χ4v) is 3.52. The summed E-state index contributed by atoms with van der Waals surface area (Å²) in [6, 6.07) is 15.3. The summed E-state index contributed by atoms with van der Waals surface area (Å²) in [4.78, 5) is 17.6. The molecule has 0 radical (unpaired) electrons. The molecule has 0 fully saturated rings. The number of carbonyl (C=O) groups is 1. The first-order valence-corrected chi connectivity index (χ1v) is 9.42. The Balaban J connectivity index is 1.86. The number of aromatic nitrogens is 3. The van der Waals surface area contributed by atoms with Gasteiger partial charge in [-0.15, -0.1) is 0 Å². The molecular formula is C21H16BrFN4O. The van der Waals surface area contributed by atoms with E-state index in [0.29, 0.717) is 39.4 Å². The van der Waals surface area contributed by atoms with Crippen LogP contribution in [-0.2, 0) is 0 Å². The van der Waals surface area contributed by atoms with Gasteiger partial charge >= 0.3 is 0 Å². The molecule has 2 aromatic carbocycles. The first-order chi connectivity index (χ1) is 13.4. The minimum atomic E-state index is -0.363. The summed E-state index contributed by atoms with van der Waals surface area (Å²) in [6.07, 6.45) is 0. The van der Waals surface area contributed by atoms with Crippen molar-refractivity contribution in [3.8, 4) is 5.69 Å². The van der Waals surface area contributed by atoms with Gasteiger partial charge in [-0.05, 0) is 66.2 Å². The van der Waals surface area contributed by atoms with E-state index in [2.05, 4.69) is 31.3 Å². The van der Waals surface area contributed by atoms with E-state index in [1.165, 1.54) is 12.1 Å². The lowest BCUT2D eigenvalue weighted by Crippen LogP contribution is -2.13. The van der Waals surface area contributed by atoms with Gasteiger partial charge in [0.1, 0.15) is 5.82 Å². The molecule has 4 rings (SSSR count). The third-order valence-corrected chi connectivity index (χ3v) is 5.05. The highest BCUT2D eigenvalue weighted by atomic mass is 79.9. The second-order valence-electron chi connectivity index (χ2n) is 6.42. The smallest absolute Gasteiger partial charge is 0.256 e. The average Bonchev–Trinajstić information content (AvgIpc) is 2.99. The summed E-state index contributed by atoms with van der Waals surface area (Å²) < 4.78 is 16.1. The topological polar surface area (TPSA) is 59.8 Å². The van der Waals surface area contributed by atoms with Crippen molar-refractivity contribution in [1.29, 1.82) is 0 Å². The van der Waals surface area contributed by atoms with Gasteiger partial charge in [0, 0.05) is 10.2 Å². The maximum atomic E-state index is 13.7. The number of benzene rings is 2. The molecule has 1 amide bonds. The van der Waals surface area contributed by atoms with Crippen LogP contribution in [0.5, 0.6) is 0 Å². The second kappa shape index (κ2) is 7.16. The van der Waals surface area contributed by atoms with Gasteiger partial charge in [-0.1, -0.05) is 18.2 Å². The summed E-state index contributed by atoms with van der Waals surface area (Å²) in [7, 11) is 0. The number of nitrogens with zero attached hydrogens (tertiary/aromatic N) is 3. The Labute approximate surface area is 169 Å². The Hall–Kier alpha value is -3.06. The standard InChI is InChI=1S/C21H16BrFN4O/c1-12-10-16(21(28)25-18-9-4-3-8-17(18)22)19-13(2)26-27(20(19)24-12)15-7-5-6-14(23)11-15/h3-11H,1-2H3,(H,25,28). The van der Waals surface area contributed by atoms with E-state index < -0.39 is 0 Å². The van der Waals surface area contributed by atoms with Crippen molar-refractivity contribution in [1.82, 2.24) is 14.8 Å². The number of aryl methyl sites for hydroxylation is 2. The van der Waals surface area contributed by atoms with E-state index in [-0.39, 0.29) is 11.7 Å². The van der Waals surface area contributed by atoms with Crippen LogP contribution in [0.25, 0.3) is 16.7 Å². The van der Waals surface area contributed by atoms with Crippen LogP contribution in [0, 0.1) is 19.7 Å². The Morgan fingerprint density at radius 3 is 2.64 bits per heavy atom. The van der Waals surface area contributed by atoms with E-state index in [9.17, 15) is 9.18 Å². The molecule has 0 aliphatic carbocycles. The first-order valence-electron chi connectivity index (χ1n) is 8.63. The van der Waals surface area contributed by atoms with Crippen molar-refractivity contribution in [2.75, 3.05) is 5.32 Å². The van der Waals surface area contributed by atoms with Crippen LogP contribution in [0.2, 0.25) is 0 Å².